The van der Waals surface area contributed by atoms with Crippen molar-refractivity contribution in [3.05, 3.63) is 51.3 Å². The van der Waals surface area contributed by atoms with E-state index in [1.807, 2.05) is 26.0 Å². The molecule has 1 aromatic heterocycles. The van der Waals surface area contributed by atoms with Crippen LogP contribution in [0, 0.1) is 28.4 Å². The van der Waals surface area contributed by atoms with Crippen molar-refractivity contribution in [3.8, 4) is 11.8 Å². The van der Waals surface area contributed by atoms with Crippen LogP contribution in [0.15, 0.2) is 24.3 Å². The summed E-state index contributed by atoms with van der Waals surface area (Å²) in [7, 11) is 0. The van der Waals surface area contributed by atoms with Gasteiger partial charge in [-0.05, 0) is 32.0 Å². The largest absolute Gasteiger partial charge is 0.480 e. The minimum atomic E-state index is -0.557. The van der Waals surface area contributed by atoms with Gasteiger partial charge in [-0.3, -0.25) is 14.8 Å². The molecular weight excluding hydrogens is 272 g/mol. The molecule has 0 saturated carbocycles. The van der Waals surface area contributed by atoms with E-state index in [4.69, 9.17) is 10.00 Å². The van der Waals surface area contributed by atoms with Crippen LogP contribution in [-0.4, -0.2) is 14.7 Å². The second-order valence-electron chi connectivity index (χ2n) is 4.43. The van der Waals surface area contributed by atoms with Gasteiger partial charge in [-0.15, -0.1) is 0 Å². The highest BCUT2D eigenvalue weighted by molar-refractivity contribution is 5.51. The fourth-order valence-electron chi connectivity index (χ4n) is 1.99. The zero-order valence-corrected chi connectivity index (χ0v) is 11.7. The summed E-state index contributed by atoms with van der Waals surface area (Å²) in [6, 6.07) is 7.88. The monoisotopic (exact) mass is 286 g/mol. The third kappa shape index (κ3) is 3.17. The van der Waals surface area contributed by atoms with E-state index in [1.165, 1.54) is 18.2 Å². The predicted octanol–water partition coefficient (Wildman–Crippen LogP) is 2.57. The van der Waals surface area contributed by atoms with Crippen molar-refractivity contribution >= 4 is 5.69 Å². The molecule has 0 aliphatic rings. The highest BCUT2D eigenvalue weighted by Crippen LogP contribution is 2.28. The number of nitro groups is 1. The molecule has 108 valence electrons. The first-order valence-corrected chi connectivity index (χ1v) is 6.39. The van der Waals surface area contributed by atoms with Crippen LogP contribution in [0.25, 0.3) is 0 Å². The van der Waals surface area contributed by atoms with E-state index >= 15 is 0 Å². The average molecular weight is 286 g/mol. The molecule has 0 saturated heterocycles. The summed E-state index contributed by atoms with van der Waals surface area (Å²) in [6.07, 6.45) is 0. The second kappa shape index (κ2) is 6.05. The predicted molar refractivity (Wildman–Crippen MR) is 74.8 cm³/mol. The maximum atomic E-state index is 11.0. The zero-order valence-electron chi connectivity index (χ0n) is 11.7. The van der Waals surface area contributed by atoms with Crippen molar-refractivity contribution in [1.82, 2.24) is 9.78 Å². The second-order valence-corrected chi connectivity index (χ2v) is 4.43. The molecule has 1 heterocycles. The molecule has 0 N–H and O–H groups in total. The molecule has 2 aromatic rings. The van der Waals surface area contributed by atoms with Gasteiger partial charge in [0.1, 0.15) is 6.61 Å². The Morgan fingerprint density at radius 3 is 2.86 bits per heavy atom. The SMILES string of the molecule is CCn1nc(C)cc1COc1ccc(C#N)cc1[N+](=O)[O-]. The van der Waals surface area contributed by atoms with Crippen LogP contribution in [0.5, 0.6) is 5.75 Å². The quantitative estimate of drug-likeness (QED) is 0.622. The zero-order chi connectivity index (χ0) is 15.4. The molecule has 0 amide bonds. The first-order valence-electron chi connectivity index (χ1n) is 6.39. The number of nitro benzene ring substituents is 1. The normalized spacial score (nSPS) is 10.1. The maximum absolute atomic E-state index is 11.0. The van der Waals surface area contributed by atoms with Crippen LogP contribution in [0.1, 0.15) is 23.9 Å². The number of rotatable bonds is 5. The third-order valence-corrected chi connectivity index (χ3v) is 2.95. The molecule has 1 aromatic carbocycles. The number of benzene rings is 1. The van der Waals surface area contributed by atoms with E-state index in [1.54, 1.807) is 4.68 Å². The van der Waals surface area contributed by atoms with E-state index in [-0.39, 0.29) is 23.6 Å². The van der Waals surface area contributed by atoms with E-state index < -0.39 is 4.92 Å². The molecule has 0 bridgehead atoms. The van der Waals surface area contributed by atoms with Gasteiger partial charge in [0, 0.05) is 12.6 Å². The lowest BCUT2D eigenvalue weighted by Gasteiger charge is -2.08. The smallest absolute Gasteiger partial charge is 0.312 e. The Morgan fingerprint density at radius 1 is 1.48 bits per heavy atom. The van der Waals surface area contributed by atoms with Crippen LogP contribution in [-0.2, 0) is 13.2 Å². The molecule has 0 radical (unpaired) electrons. The Balaban J connectivity index is 2.23. The van der Waals surface area contributed by atoms with Gasteiger partial charge in [-0.1, -0.05) is 0 Å². The first kappa shape index (κ1) is 14.5. The Bertz CT molecular complexity index is 715. The highest BCUT2D eigenvalue weighted by Gasteiger charge is 2.17. The van der Waals surface area contributed by atoms with Crippen molar-refractivity contribution in [2.45, 2.75) is 27.0 Å². The Morgan fingerprint density at radius 2 is 2.24 bits per heavy atom. The van der Waals surface area contributed by atoms with E-state index in [9.17, 15) is 10.1 Å². The lowest BCUT2D eigenvalue weighted by Crippen LogP contribution is -2.07. The summed E-state index contributed by atoms with van der Waals surface area (Å²) < 4.78 is 7.31. The van der Waals surface area contributed by atoms with Crippen LogP contribution in [0.3, 0.4) is 0 Å². The van der Waals surface area contributed by atoms with Crippen LogP contribution < -0.4 is 4.74 Å². The van der Waals surface area contributed by atoms with Crippen LogP contribution in [0.2, 0.25) is 0 Å². The van der Waals surface area contributed by atoms with E-state index in [0.29, 0.717) is 6.54 Å². The molecule has 7 nitrogen and oxygen atoms in total. The number of hydrogen-bond donors (Lipinski definition) is 0. The molecule has 2 rings (SSSR count). The van der Waals surface area contributed by atoms with Crippen LogP contribution >= 0.6 is 0 Å². The van der Waals surface area contributed by atoms with Gasteiger partial charge in [0.05, 0.1) is 27.9 Å². The summed E-state index contributed by atoms with van der Waals surface area (Å²) in [5, 5.41) is 24.1. The van der Waals surface area contributed by atoms with Crippen molar-refractivity contribution in [2.24, 2.45) is 0 Å². The fourth-order valence-corrected chi connectivity index (χ4v) is 1.99. The van der Waals surface area contributed by atoms with E-state index in [2.05, 4.69) is 5.10 Å². The molecule has 0 spiro atoms. The van der Waals surface area contributed by atoms with Gasteiger partial charge in [0.15, 0.2) is 5.75 Å². The molecule has 0 aliphatic heterocycles. The molecule has 0 fully saturated rings. The Kier molecular flexibility index (Phi) is 4.18. The minimum absolute atomic E-state index is 0.139. The number of hydrogen-bond acceptors (Lipinski definition) is 5. The number of aromatic nitrogens is 2. The van der Waals surface area contributed by atoms with E-state index in [0.717, 1.165) is 11.4 Å². The molecular formula is C14H14N4O3. The molecule has 7 heteroatoms. The van der Waals surface area contributed by atoms with Crippen molar-refractivity contribution in [1.29, 1.82) is 5.26 Å². The molecule has 0 aliphatic carbocycles. The molecule has 21 heavy (non-hydrogen) atoms. The van der Waals surface area contributed by atoms with Crippen molar-refractivity contribution < 1.29 is 9.66 Å². The lowest BCUT2D eigenvalue weighted by atomic mass is 10.2. The van der Waals surface area contributed by atoms with Crippen molar-refractivity contribution in [2.75, 3.05) is 0 Å². The van der Waals surface area contributed by atoms with Gasteiger partial charge >= 0.3 is 5.69 Å². The number of ether oxygens (including phenoxy) is 1. The average Bonchev–Trinajstić information content (AvgIpc) is 2.84. The fraction of sp³-hybridized carbons (Fsp3) is 0.286. The van der Waals surface area contributed by atoms with Gasteiger partial charge < -0.3 is 4.74 Å². The number of nitrogens with zero attached hydrogens (tertiary/aromatic N) is 4. The third-order valence-electron chi connectivity index (χ3n) is 2.95. The van der Waals surface area contributed by atoms with Crippen molar-refractivity contribution in [3.63, 3.8) is 0 Å². The summed E-state index contributed by atoms with van der Waals surface area (Å²) in [5.74, 6) is 0.139. The summed E-state index contributed by atoms with van der Waals surface area (Å²) >= 11 is 0. The summed E-state index contributed by atoms with van der Waals surface area (Å²) in [4.78, 5) is 10.5. The number of nitriles is 1. The standard InChI is InChI=1S/C14H14N4O3/c1-3-17-12(6-10(2)16-17)9-21-14-5-4-11(8-15)7-13(14)18(19)20/h4-7H,3,9H2,1-2H3. The van der Waals surface area contributed by atoms with Gasteiger partial charge in [-0.2, -0.15) is 10.4 Å². The van der Waals surface area contributed by atoms with Gasteiger partial charge in [0.25, 0.3) is 0 Å². The maximum Gasteiger partial charge on any atom is 0.312 e. The molecule has 0 unspecified atom stereocenters. The number of aryl methyl sites for hydroxylation is 2. The Labute approximate surface area is 121 Å². The molecule has 0 atom stereocenters. The summed E-state index contributed by atoms with van der Waals surface area (Å²) in [6.45, 7) is 4.71. The highest BCUT2D eigenvalue weighted by atomic mass is 16.6. The van der Waals surface area contributed by atoms with Crippen LogP contribution in [0.4, 0.5) is 5.69 Å². The topological polar surface area (TPSA) is 94.0 Å². The summed E-state index contributed by atoms with van der Waals surface area (Å²) in [5.41, 5.74) is 1.72. The Hall–Kier alpha value is -2.88. The van der Waals surface area contributed by atoms with Gasteiger partial charge in [0.2, 0.25) is 0 Å². The first-order chi connectivity index (χ1) is 10.0. The minimum Gasteiger partial charge on any atom is -0.480 e. The van der Waals surface area contributed by atoms with Gasteiger partial charge in [-0.25, -0.2) is 0 Å². The lowest BCUT2D eigenvalue weighted by molar-refractivity contribution is -0.386.